The van der Waals surface area contributed by atoms with Gasteiger partial charge in [0.1, 0.15) is 6.10 Å². The van der Waals surface area contributed by atoms with Gasteiger partial charge in [0.15, 0.2) is 0 Å². The second-order valence-electron chi connectivity index (χ2n) is 8.99. The molecule has 1 aromatic rings. The van der Waals surface area contributed by atoms with Crippen LogP contribution in [0.3, 0.4) is 0 Å². The van der Waals surface area contributed by atoms with Crippen LogP contribution in [-0.2, 0) is 16.0 Å². The van der Waals surface area contributed by atoms with Gasteiger partial charge < -0.3 is 4.74 Å². The molecule has 1 aromatic carbocycles. The van der Waals surface area contributed by atoms with Crippen LogP contribution in [0.15, 0.2) is 30.3 Å². The van der Waals surface area contributed by atoms with Crippen molar-refractivity contribution < 1.29 is 9.53 Å². The lowest BCUT2D eigenvalue weighted by Gasteiger charge is -2.35. The summed E-state index contributed by atoms with van der Waals surface area (Å²) in [5.74, 6) is 0.246. The minimum Gasteiger partial charge on any atom is -0.461 e. The number of hydrogen-bond donors (Lipinski definition) is 0. The van der Waals surface area contributed by atoms with Gasteiger partial charge in [0.25, 0.3) is 0 Å². The van der Waals surface area contributed by atoms with Gasteiger partial charge in [-0.25, -0.2) is 0 Å². The fraction of sp³-hybridized carbons (Fsp3) is 0.741. The van der Waals surface area contributed by atoms with Crippen LogP contribution < -0.4 is 0 Å². The predicted octanol–water partition coefficient (Wildman–Crippen LogP) is 8.03. The highest BCUT2D eigenvalue weighted by atomic mass is 16.6. The van der Waals surface area contributed by atoms with Crippen molar-refractivity contribution in [2.75, 3.05) is 0 Å². The molecule has 1 aliphatic rings. The summed E-state index contributed by atoms with van der Waals surface area (Å²) in [6.07, 6.45) is 22.1. The van der Waals surface area contributed by atoms with Crippen molar-refractivity contribution >= 4 is 5.97 Å². The van der Waals surface area contributed by atoms with Gasteiger partial charge in [-0.2, -0.15) is 0 Å². The molecule has 0 radical (unpaired) electrons. The minimum absolute atomic E-state index is 0.0566. The molecule has 1 saturated heterocycles. The molecule has 2 heteroatoms. The standard InChI is InChI=1S/C27H44O2/c1-2-3-4-5-6-7-8-9-10-11-18-23-26-25(27(28)29-26)22-17-13-16-21-24-19-14-12-15-20-24/h12,14-15,19-20,25-26H,2-11,13,16-18,21-23H2,1H3. The molecule has 2 atom stereocenters. The molecular weight excluding hydrogens is 356 g/mol. The summed E-state index contributed by atoms with van der Waals surface area (Å²) >= 11 is 0. The molecule has 0 N–H and O–H groups in total. The zero-order chi connectivity index (χ0) is 20.6. The molecule has 2 nitrogen and oxygen atoms in total. The van der Waals surface area contributed by atoms with E-state index >= 15 is 0 Å². The monoisotopic (exact) mass is 400 g/mol. The number of rotatable bonds is 18. The van der Waals surface area contributed by atoms with E-state index in [1.807, 2.05) is 0 Å². The van der Waals surface area contributed by atoms with Crippen molar-refractivity contribution in [1.82, 2.24) is 0 Å². The van der Waals surface area contributed by atoms with Gasteiger partial charge in [-0.3, -0.25) is 4.79 Å². The first-order chi connectivity index (χ1) is 14.3. The summed E-state index contributed by atoms with van der Waals surface area (Å²) in [6, 6.07) is 10.7. The molecule has 0 saturated carbocycles. The molecule has 164 valence electrons. The topological polar surface area (TPSA) is 26.3 Å². The Hall–Kier alpha value is -1.31. The van der Waals surface area contributed by atoms with Crippen molar-refractivity contribution in [1.29, 1.82) is 0 Å². The Morgan fingerprint density at radius 1 is 0.690 bits per heavy atom. The number of carbonyl (C=O) groups excluding carboxylic acids is 1. The molecule has 1 aliphatic heterocycles. The number of cyclic esters (lactones) is 1. The quantitative estimate of drug-likeness (QED) is 0.184. The van der Waals surface area contributed by atoms with E-state index in [0.29, 0.717) is 0 Å². The Kier molecular flexibility index (Phi) is 12.8. The first-order valence-electron chi connectivity index (χ1n) is 12.6. The molecule has 0 bridgehead atoms. The lowest BCUT2D eigenvalue weighted by atomic mass is 9.87. The molecule has 0 aromatic heterocycles. The summed E-state index contributed by atoms with van der Waals surface area (Å²) in [6.45, 7) is 2.28. The predicted molar refractivity (Wildman–Crippen MR) is 123 cm³/mol. The highest BCUT2D eigenvalue weighted by molar-refractivity contribution is 5.78. The highest BCUT2D eigenvalue weighted by Gasteiger charge is 2.40. The van der Waals surface area contributed by atoms with Crippen molar-refractivity contribution in [2.45, 2.75) is 122 Å². The van der Waals surface area contributed by atoms with E-state index in [9.17, 15) is 4.79 Å². The maximum Gasteiger partial charge on any atom is 0.313 e. The second kappa shape index (κ2) is 15.5. The Balaban J connectivity index is 1.40. The Bertz CT molecular complexity index is 525. The number of carbonyl (C=O) groups is 1. The zero-order valence-corrected chi connectivity index (χ0v) is 18.9. The van der Waals surface area contributed by atoms with Crippen molar-refractivity contribution in [2.24, 2.45) is 5.92 Å². The van der Waals surface area contributed by atoms with Crippen molar-refractivity contribution in [3.8, 4) is 0 Å². The molecule has 1 heterocycles. The van der Waals surface area contributed by atoms with Crippen LogP contribution in [0.1, 0.15) is 115 Å². The maximum absolute atomic E-state index is 11.8. The van der Waals surface area contributed by atoms with Crippen LogP contribution in [-0.4, -0.2) is 12.1 Å². The molecule has 0 amide bonds. The summed E-state index contributed by atoms with van der Waals surface area (Å²) in [7, 11) is 0. The van der Waals surface area contributed by atoms with E-state index in [1.54, 1.807) is 0 Å². The summed E-state index contributed by atoms with van der Waals surface area (Å²) < 4.78 is 5.43. The first-order valence-corrected chi connectivity index (χ1v) is 12.6. The minimum atomic E-state index is 0.0566. The first kappa shape index (κ1) is 24.0. The molecule has 2 rings (SSSR count). The molecule has 1 fully saturated rings. The second-order valence-corrected chi connectivity index (χ2v) is 8.99. The van der Waals surface area contributed by atoms with Gasteiger partial charge in [-0.1, -0.05) is 114 Å². The normalized spacial score (nSPS) is 18.4. The fourth-order valence-electron chi connectivity index (χ4n) is 4.49. The fourth-order valence-corrected chi connectivity index (χ4v) is 4.49. The SMILES string of the molecule is CCCCCCCCCCCCCC1OC(=O)C1CCCCCc1ccccc1. The van der Waals surface area contributed by atoms with Gasteiger partial charge in [0.2, 0.25) is 0 Å². The average Bonchev–Trinajstić information content (AvgIpc) is 2.74. The van der Waals surface area contributed by atoms with Crippen molar-refractivity contribution in [3.05, 3.63) is 35.9 Å². The Morgan fingerprint density at radius 3 is 1.86 bits per heavy atom. The molecular formula is C27H44O2. The van der Waals surface area contributed by atoms with E-state index < -0.39 is 0 Å². The summed E-state index contributed by atoms with van der Waals surface area (Å²) in [5.41, 5.74) is 1.42. The van der Waals surface area contributed by atoms with Crippen molar-refractivity contribution in [3.63, 3.8) is 0 Å². The zero-order valence-electron chi connectivity index (χ0n) is 18.9. The van der Waals surface area contributed by atoms with E-state index in [-0.39, 0.29) is 18.0 Å². The van der Waals surface area contributed by atoms with E-state index in [2.05, 4.69) is 37.3 Å². The third kappa shape index (κ3) is 10.3. The van der Waals surface area contributed by atoms with Gasteiger partial charge >= 0.3 is 5.97 Å². The van der Waals surface area contributed by atoms with Crippen LogP contribution in [0.4, 0.5) is 0 Å². The number of benzene rings is 1. The van der Waals surface area contributed by atoms with Crippen LogP contribution in [0.2, 0.25) is 0 Å². The lowest BCUT2D eigenvalue weighted by molar-refractivity contribution is -0.186. The number of hydrogen-bond acceptors (Lipinski definition) is 2. The Morgan fingerprint density at radius 2 is 1.24 bits per heavy atom. The third-order valence-electron chi connectivity index (χ3n) is 6.43. The van der Waals surface area contributed by atoms with Gasteiger partial charge in [-0.05, 0) is 37.7 Å². The molecule has 0 aliphatic carbocycles. The van der Waals surface area contributed by atoms with E-state index in [1.165, 1.54) is 89.0 Å². The molecule has 2 unspecified atom stereocenters. The van der Waals surface area contributed by atoms with Crippen LogP contribution in [0, 0.1) is 5.92 Å². The highest BCUT2D eigenvalue weighted by Crippen LogP contribution is 2.31. The van der Waals surface area contributed by atoms with Gasteiger partial charge in [-0.15, -0.1) is 0 Å². The average molecular weight is 401 g/mol. The Labute approximate surface area is 179 Å². The van der Waals surface area contributed by atoms with Crippen LogP contribution >= 0.6 is 0 Å². The van der Waals surface area contributed by atoms with E-state index in [0.717, 1.165) is 25.7 Å². The van der Waals surface area contributed by atoms with Crippen LogP contribution in [0.25, 0.3) is 0 Å². The van der Waals surface area contributed by atoms with Gasteiger partial charge in [0.05, 0.1) is 5.92 Å². The smallest absolute Gasteiger partial charge is 0.313 e. The number of aryl methyl sites for hydroxylation is 1. The third-order valence-corrected chi connectivity index (χ3v) is 6.43. The van der Waals surface area contributed by atoms with Crippen LogP contribution in [0.5, 0.6) is 0 Å². The van der Waals surface area contributed by atoms with E-state index in [4.69, 9.17) is 4.74 Å². The van der Waals surface area contributed by atoms with Gasteiger partial charge in [0, 0.05) is 0 Å². The number of ether oxygens (including phenoxy) is 1. The number of esters is 1. The number of unbranched alkanes of at least 4 members (excludes halogenated alkanes) is 12. The molecule has 29 heavy (non-hydrogen) atoms. The maximum atomic E-state index is 11.8. The lowest BCUT2D eigenvalue weighted by Crippen LogP contribution is -2.44. The largest absolute Gasteiger partial charge is 0.461 e. The summed E-state index contributed by atoms with van der Waals surface area (Å²) in [4.78, 5) is 11.8. The molecule has 0 spiro atoms. The summed E-state index contributed by atoms with van der Waals surface area (Å²) in [5, 5.41) is 0.